The van der Waals surface area contributed by atoms with Gasteiger partial charge in [0.15, 0.2) is 0 Å². The van der Waals surface area contributed by atoms with E-state index in [9.17, 15) is 18.0 Å². The SMILES string of the molecule is COc1cc2nc(NC3C(Cl)=CC=CC3Cl)[nH]c2cc1C(=O)Nc1ccc(C(F)(F)F)cn1. The van der Waals surface area contributed by atoms with Crippen LogP contribution in [0.5, 0.6) is 5.75 Å². The molecule has 1 amide bonds. The van der Waals surface area contributed by atoms with Crippen LogP contribution in [0.4, 0.5) is 24.9 Å². The lowest BCUT2D eigenvalue weighted by Crippen LogP contribution is -2.31. The number of hydrogen-bond donors (Lipinski definition) is 3. The monoisotopic (exact) mass is 497 g/mol. The first-order valence-electron chi connectivity index (χ1n) is 9.52. The minimum Gasteiger partial charge on any atom is -0.496 e. The van der Waals surface area contributed by atoms with Crippen molar-refractivity contribution < 1.29 is 22.7 Å². The summed E-state index contributed by atoms with van der Waals surface area (Å²) in [6.45, 7) is 0. The third kappa shape index (κ3) is 4.91. The summed E-state index contributed by atoms with van der Waals surface area (Å²) in [6, 6.07) is 4.59. The van der Waals surface area contributed by atoms with Gasteiger partial charge in [-0.3, -0.25) is 4.79 Å². The molecule has 3 N–H and O–H groups in total. The standard InChI is InChI=1S/C21H16Cl2F3N5O2/c1-33-16-8-15-14(28-20(29-15)31-18-12(22)3-2-4-13(18)23)7-11(16)19(32)30-17-6-5-10(9-27-17)21(24,25)26/h2-9,12,18H,1H3,(H,27,30,32)(H2,28,29,31). The van der Waals surface area contributed by atoms with Crippen molar-refractivity contribution in [2.45, 2.75) is 17.6 Å². The van der Waals surface area contributed by atoms with Gasteiger partial charge in [0, 0.05) is 17.3 Å². The summed E-state index contributed by atoms with van der Waals surface area (Å²) in [7, 11) is 1.39. The van der Waals surface area contributed by atoms with E-state index in [4.69, 9.17) is 27.9 Å². The van der Waals surface area contributed by atoms with Crippen molar-refractivity contribution in [2.75, 3.05) is 17.7 Å². The highest BCUT2D eigenvalue weighted by Crippen LogP contribution is 2.30. The van der Waals surface area contributed by atoms with Crippen LogP contribution >= 0.6 is 23.2 Å². The van der Waals surface area contributed by atoms with E-state index in [1.54, 1.807) is 24.3 Å². The maximum absolute atomic E-state index is 12.8. The molecule has 33 heavy (non-hydrogen) atoms. The number of halogens is 5. The van der Waals surface area contributed by atoms with E-state index < -0.39 is 23.7 Å². The smallest absolute Gasteiger partial charge is 0.417 e. The molecule has 2 atom stereocenters. The van der Waals surface area contributed by atoms with Gasteiger partial charge < -0.3 is 20.4 Å². The van der Waals surface area contributed by atoms with Gasteiger partial charge in [0.25, 0.3) is 5.91 Å². The number of pyridine rings is 1. The Hall–Kier alpha value is -3.24. The highest BCUT2D eigenvalue weighted by molar-refractivity contribution is 6.32. The zero-order valence-electron chi connectivity index (χ0n) is 16.9. The average Bonchev–Trinajstić information content (AvgIpc) is 3.16. The maximum Gasteiger partial charge on any atom is 0.417 e. The zero-order chi connectivity index (χ0) is 23.8. The van der Waals surface area contributed by atoms with Crippen LogP contribution in [0.15, 0.2) is 53.7 Å². The molecule has 1 aliphatic rings. The molecule has 0 fully saturated rings. The number of aromatic amines is 1. The molecule has 12 heteroatoms. The summed E-state index contributed by atoms with van der Waals surface area (Å²) < 4.78 is 43.4. The number of aromatic nitrogens is 3. The second-order valence-corrected chi connectivity index (χ2v) is 7.98. The van der Waals surface area contributed by atoms with Crippen molar-refractivity contribution in [2.24, 2.45) is 0 Å². The van der Waals surface area contributed by atoms with Gasteiger partial charge in [-0.1, -0.05) is 23.8 Å². The average molecular weight is 498 g/mol. The van der Waals surface area contributed by atoms with Crippen molar-refractivity contribution >= 4 is 51.9 Å². The fourth-order valence-electron chi connectivity index (χ4n) is 3.19. The number of hydrogen-bond acceptors (Lipinski definition) is 5. The van der Waals surface area contributed by atoms with E-state index in [1.165, 1.54) is 13.2 Å². The third-order valence-electron chi connectivity index (χ3n) is 4.84. The number of anilines is 2. The number of methoxy groups -OCH3 is 1. The van der Waals surface area contributed by atoms with E-state index in [2.05, 4.69) is 25.6 Å². The van der Waals surface area contributed by atoms with Crippen molar-refractivity contribution in [3.8, 4) is 5.75 Å². The normalized spacial score (nSPS) is 18.2. The number of imidazole rings is 1. The number of rotatable bonds is 5. The Bertz CT molecular complexity index is 1260. The zero-order valence-corrected chi connectivity index (χ0v) is 18.4. The Labute approximate surface area is 195 Å². The largest absolute Gasteiger partial charge is 0.496 e. The predicted molar refractivity (Wildman–Crippen MR) is 120 cm³/mol. The Balaban J connectivity index is 1.58. The summed E-state index contributed by atoms with van der Waals surface area (Å²) >= 11 is 12.5. The second-order valence-electron chi connectivity index (χ2n) is 7.04. The Kier molecular flexibility index (Phi) is 6.22. The molecule has 2 heterocycles. The van der Waals surface area contributed by atoms with Gasteiger partial charge in [-0.05, 0) is 24.3 Å². The van der Waals surface area contributed by atoms with Gasteiger partial charge in [0.05, 0.1) is 40.7 Å². The summed E-state index contributed by atoms with van der Waals surface area (Å²) in [4.78, 5) is 23.9. The molecule has 0 radical (unpaired) electrons. The first-order chi connectivity index (χ1) is 15.7. The minimum atomic E-state index is -4.52. The lowest BCUT2D eigenvalue weighted by Gasteiger charge is -2.22. The first-order valence-corrected chi connectivity index (χ1v) is 10.3. The quantitative estimate of drug-likeness (QED) is 0.415. The molecule has 1 aromatic carbocycles. The molecule has 4 rings (SSSR count). The molecular weight excluding hydrogens is 482 g/mol. The molecule has 172 valence electrons. The molecule has 2 aromatic heterocycles. The molecule has 7 nitrogen and oxygen atoms in total. The number of carbonyl (C=O) groups is 1. The topological polar surface area (TPSA) is 91.9 Å². The van der Waals surface area contributed by atoms with Gasteiger partial charge in [0.1, 0.15) is 11.6 Å². The van der Waals surface area contributed by atoms with Crippen molar-refractivity contribution in [3.05, 3.63) is 64.8 Å². The van der Waals surface area contributed by atoms with Gasteiger partial charge >= 0.3 is 6.18 Å². The molecule has 0 bridgehead atoms. The summed E-state index contributed by atoms with van der Waals surface area (Å²) in [6.07, 6.45) is 1.40. The lowest BCUT2D eigenvalue weighted by atomic mass is 10.1. The molecule has 0 saturated carbocycles. The number of nitrogens with one attached hydrogen (secondary N) is 3. The number of amides is 1. The highest BCUT2D eigenvalue weighted by atomic mass is 35.5. The lowest BCUT2D eigenvalue weighted by molar-refractivity contribution is -0.137. The van der Waals surface area contributed by atoms with Crippen LogP contribution in [0.3, 0.4) is 0 Å². The van der Waals surface area contributed by atoms with Gasteiger partial charge in [-0.2, -0.15) is 13.2 Å². The highest BCUT2D eigenvalue weighted by Gasteiger charge is 2.31. The van der Waals surface area contributed by atoms with Crippen LogP contribution in [0.1, 0.15) is 15.9 Å². The van der Waals surface area contributed by atoms with Crippen molar-refractivity contribution in [1.82, 2.24) is 15.0 Å². The summed E-state index contributed by atoms with van der Waals surface area (Å²) in [5.41, 5.74) is 0.243. The number of ether oxygens (including phenoxy) is 1. The molecule has 3 aromatic rings. The summed E-state index contributed by atoms with van der Waals surface area (Å²) in [5, 5.41) is 5.71. The minimum absolute atomic E-state index is 0.0398. The van der Waals surface area contributed by atoms with Gasteiger partial charge in [-0.15, -0.1) is 11.6 Å². The number of H-pyrrole nitrogens is 1. The van der Waals surface area contributed by atoms with E-state index in [-0.39, 0.29) is 22.5 Å². The molecule has 0 aliphatic heterocycles. The fourth-order valence-corrected chi connectivity index (χ4v) is 3.80. The molecule has 0 spiro atoms. The summed E-state index contributed by atoms with van der Waals surface area (Å²) in [5.74, 6) is -0.0541. The molecular formula is C21H16Cl2F3N5O2. The first kappa shape index (κ1) is 22.9. The van der Waals surface area contributed by atoms with Gasteiger partial charge in [-0.25, -0.2) is 9.97 Å². The Morgan fingerprint density at radius 3 is 2.70 bits per heavy atom. The Morgan fingerprint density at radius 1 is 1.27 bits per heavy atom. The number of carbonyl (C=O) groups excluding carboxylic acids is 1. The van der Waals surface area contributed by atoms with E-state index in [1.807, 2.05) is 0 Å². The fraction of sp³-hybridized carbons (Fsp3) is 0.190. The maximum atomic E-state index is 12.8. The number of benzene rings is 1. The second kappa shape index (κ2) is 8.95. The number of nitrogens with zero attached hydrogens (tertiary/aromatic N) is 2. The van der Waals surface area contributed by atoms with Crippen LogP contribution in [0, 0.1) is 0 Å². The van der Waals surface area contributed by atoms with E-state index in [0.717, 1.165) is 12.1 Å². The molecule has 2 unspecified atom stereocenters. The number of fused-ring (bicyclic) bond motifs is 1. The van der Waals surface area contributed by atoms with Crippen LogP contribution < -0.4 is 15.4 Å². The van der Waals surface area contributed by atoms with E-state index in [0.29, 0.717) is 28.2 Å². The van der Waals surface area contributed by atoms with E-state index >= 15 is 0 Å². The molecule has 0 saturated heterocycles. The predicted octanol–water partition coefficient (Wildman–Crippen LogP) is 5.32. The third-order valence-corrected chi connectivity index (χ3v) is 5.60. The number of allylic oxidation sites excluding steroid dienone is 2. The number of alkyl halides is 4. The van der Waals surface area contributed by atoms with Crippen LogP contribution in [0.25, 0.3) is 11.0 Å². The van der Waals surface area contributed by atoms with Crippen molar-refractivity contribution in [3.63, 3.8) is 0 Å². The Morgan fingerprint density at radius 2 is 2.06 bits per heavy atom. The molecule has 1 aliphatic carbocycles. The van der Waals surface area contributed by atoms with Gasteiger partial charge in [0.2, 0.25) is 5.95 Å². The van der Waals surface area contributed by atoms with Crippen LogP contribution in [0.2, 0.25) is 0 Å². The van der Waals surface area contributed by atoms with Crippen LogP contribution in [-0.4, -0.2) is 39.4 Å². The van der Waals surface area contributed by atoms with Crippen molar-refractivity contribution in [1.29, 1.82) is 0 Å². The van der Waals surface area contributed by atoms with Crippen LogP contribution in [-0.2, 0) is 6.18 Å².